The zero-order valence-corrected chi connectivity index (χ0v) is 18.2. The summed E-state index contributed by atoms with van der Waals surface area (Å²) in [4.78, 5) is 12.7. The highest BCUT2D eigenvalue weighted by Gasteiger charge is 2.36. The topological polar surface area (TPSA) is 143 Å². The van der Waals surface area contributed by atoms with Crippen LogP contribution in [0.5, 0.6) is 5.75 Å². The number of nitrogens with zero attached hydrogens (tertiary/aromatic N) is 2. The minimum absolute atomic E-state index is 0.0640. The number of halogens is 1. The van der Waals surface area contributed by atoms with Gasteiger partial charge in [0.2, 0.25) is 10.0 Å². The number of nitrogens with one attached hydrogen (secondary N) is 2. The fourth-order valence-electron chi connectivity index (χ4n) is 3.36. The Morgan fingerprint density at radius 1 is 1.45 bits per heavy atom. The van der Waals surface area contributed by atoms with E-state index in [9.17, 15) is 22.7 Å². The van der Waals surface area contributed by atoms with Crippen LogP contribution in [0.3, 0.4) is 0 Å². The van der Waals surface area contributed by atoms with Gasteiger partial charge in [0.1, 0.15) is 23.4 Å². The lowest BCUT2D eigenvalue weighted by molar-refractivity contribution is -0.140. The fourth-order valence-corrected chi connectivity index (χ4v) is 4.77. The van der Waals surface area contributed by atoms with Gasteiger partial charge in [0.15, 0.2) is 17.0 Å². The summed E-state index contributed by atoms with van der Waals surface area (Å²) in [7, 11) is -2.55. The number of ether oxygens (including phenoxy) is 2. The quantitative estimate of drug-likeness (QED) is 0.549. The average molecular weight is 474 g/mol. The number of aryl methyl sites for hydroxylation is 1. The molecule has 2 aliphatic rings. The molecule has 33 heavy (non-hydrogen) atoms. The number of anilines is 1. The predicted octanol–water partition coefficient (Wildman–Crippen LogP) is 0.482. The molecule has 1 atom stereocenters. The number of hydrogen-bond acceptors (Lipinski definition) is 7. The van der Waals surface area contributed by atoms with Crippen LogP contribution in [0.15, 0.2) is 29.3 Å². The van der Waals surface area contributed by atoms with E-state index >= 15 is 0 Å². The maximum atomic E-state index is 13.6. The molecule has 0 saturated carbocycles. The number of hydrogen-bond donors (Lipinski definition) is 3. The lowest BCUT2D eigenvalue weighted by atomic mass is 10.0. The van der Waals surface area contributed by atoms with Crippen molar-refractivity contribution in [2.45, 2.75) is 23.0 Å². The number of aliphatic hydroxyl groups is 1. The van der Waals surface area contributed by atoms with Crippen LogP contribution in [0.2, 0.25) is 0 Å². The smallest absolute Gasteiger partial charge is 0.276 e. The van der Waals surface area contributed by atoms with E-state index in [2.05, 4.69) is 21.9 Å². The second-order valence-corrected chi connectivity index (χ2v) is 9.38. The minimum atomic E-state index is -4.03. The van der Waals surface area contributed by atoms with E-state index in [1.807, 2.05) is 0 Å². The van der Waals surface area contributed by atoms with Crippen molar-refractivity contribution in [1.82, 2.24) is 9.29 Å². The number of benzene rings is 1. The summed E-state index contributed by atoms with van der Waals surface area (Å²) in [5.41, 5.74) is -1.37. The van der Waals surface area contributed by atoms with Gasteiger partial charge in [-0.05, 0) is 18.2 Å². The molecule has 0 aliphatic carbocycles. The van der Waals surface area contributed by atoms with Gasteiger partial charge in [0.25, 0.3) is 5.91 Å². The Bertz CT molecular complexity index is 1330. The van der Waals surface area contributed by atoms with E-state index < -0.39 is 33.4 Å². The molecule has 4 rings (SSSR count). The molecule has 0 radical (unpaired) electrons. The van der Waals surface area contributed by atoms with Gasteiger partial charge in [-0.2, -0.15) is 5.26 Å². The van der Waals surface area contributed by atoms with E-state index in [0.717, 1.165) is 6.07 Å². The number of fused-ring (bicyclic) bond motifs is 1. The number of rotatable bonds is 3. The van der Waals surface area contributed by atoms with E-state index in [0.29, 0.717) is 0 Å². The second kappa shape index (κ2) is 8.50. The van der Waals surface area contributed by atoms with Gasteiger partial charge >= 0.3 is 0 Å². The Morgan fingerprint density at radius 2 is 2.21 bits per heavy atom. The van der Waals surface area contributed by atoms with E-state index in [1.54, 1.807) is 6.07 Å². The van der Waals surface area contributed by atoms with Crippen molar-refractivity contribution in [3.8, 4) is 23.7 Å². The Hall–Kier alpha value is -3.42. The van der Waals surface area contributed by atoms with Crippen LogP contribution < -0.4 is 14.8 Å². The Balaban J connectivity index is 1.56. The third-order valence-electron chi connectivity index (χ3n) is 5.05. The molecule has 1 unspecified atom stereocenters. The summed E-state index contributed by atoms with van der Waals surface area (Å²) in [5.74, 6) is 3.85. The van der Waals surface area contributed by atoms with Gasteiger partial charge in [0.05, 0.1) is 24.8 Å². The van der Waals surface area contributed by atoms with Crippen molar-refractivity contribution in [2.75, 3.05) is 25.1 Å². The summed E-state index contributed by atoms with van der Waals surface area (Å²) in [6.07, 6.45) is 1.33. The molecule has 0 spiro atoms. The van der Waals surface area contributed by atoms with Crippen LogP contribution in [0.1, 0.15) is 22.5 Å². The molecule has 1 saturated heterocycles. The first kappa shape index (κ1) is 22.8. The Morgan fingerprint density at radius 3 is 2.88 bits per heavy atom. The van der Waals surface area contributed by atoms with Gasteiger partial charge in [-0.15, -0.1) is 0 Å². The summed E-state index contributed by atoms with van der Waals surface area (Å²) in [6, 6.07) is 4.47. The Kier molecular flexibility index (Phi) is 5.86. The molecular weight excluding hydrogens is 455 g/mol. The fraction of sp³-hybridized carbons (Fsp3) is 0.333. The average Bonchev–Trinajstić information content (AvgIpc) is 3.03. The maximum Gasteiger partial charge on any atom is 0.276 e. The number of amides is 1. The van der Waals surface area contributed by atoms with Gasteiger partial charge < -0.3 is 24.5 Å². The summed E-state index contributed by atoms with van der Waals surface area (Å²) >= 11 is 0. The van der Waals surface area contributed by atoms with Crippen LogP contribution in [-0.4, -0.2) is 55.5 Å². The first-order chi connectivity index (χ1) is 15.6. The van der Waals surface area contributed by atoms with E-state index in [1.165, 1.54) is 29.9 Å². The van der Waals surface area contributed by atoms with Crippen LogP contribution in [0, 0.1) is 29.0 Å². The highest BCUT2D eigenvalue weighted by molar-refractivity contribution is 7.89. The molecule has 1 aromatic carbocycles. The summed E-state index contributed by atoms with van der Waals surface area (Å²) in [5, 5.41) is 21.4. The highest BCUT2D eigenvalue weighted by Crippen LogP contribution is 2.33. The van der Waals surface area contributed by atoms with Crippen molar-refractivity contribution in [3.05, 3.63) is 41.5 Å². The number of nitriles is 1. The molecule has 1 aromatic heterocycles. The monoisotopic (exact) mass is 474 g/mol. The molecule has 2 aliphatic heterocycles. The van der Waals surface area contributed by atoms with Gasteiger partial charge in [0, 0.05) is 25.4 Å². The molecular formula is C21H19FN4O6S. The van der Waals surface area contributed by atoms with Crippen molar-refractivity contribution in [3.63, 3.8) is 0 Å². The van der Waals surface area contributed by atoms with E-state index in [-0.39, 0.29) is 53.8 Å². The number of carbonyl (C=O) groups is 1. The van der Waals surface area contributed by atoms with Crippen molar-refractivity contribution < 1.29 is 32.2 Å². The van der Waals surface area contributed by atoms with Gasteiger partial charge in [-0.25, -0.2) is 17.5 Å². The third-order valence-corrected chi connectivity index (χ3v) is 6.57. The molecule has 1 amide bonds. The highest BCUT2D eigenvalue weighted by atomic mass is 32.2. The minimum Gasteiger partial charge on any atom is -0.488 e. The van der Waals surface area contributed by atoms with Crippen molar-refractivity contribution in [2.24, 2.45) is 7.05 Å². The molecule has 3 heterocycles. The standard InChI is InChI=1S/C21H19FN4O6S/c1-26-9-17-19(18(26)20(27)24-14-4-5-16(22)13(7-14)8-23)32-10-15(25-33(17,29)30)3-2-6-21(28)11-31-12-21/h4-5,7,9,15,25,28H,3,10-12H2,1H3,(H,24,27). The van der Waals surface area contributed by atoms with Crippen LogP contribution in [0.25, 0.3) is 0 Å². The number of sulfonamides is 1. The maximum absolute atomic E-state index is 13.6. The third kappa shape index (κ3) is 4.55. The molecule has 172 valence electrons. The van der Waals surface area contributed by atoms with E-state index in [4.69, 9.17) is 14.7 Å². The molecule has 12 heteroatoms. The molecule has 3 N–H and O–H groups in total. The normalized spacial score (nSPS) is 20.0. The molecule has 0 bridgehead atoms. The lowest BCUT2D eigenvalue weighted by Gasteiger charge is -2.31. The second-order valence-electron chi connectivity index (χ2n) is 7.70. The SMILES string of the molecule is Cn1cc2c(c1C(=O)Nc1ccc(F)c(C#N)c1)OCC(CC#CC1(O)COC1)NS2(=O)=O. The summed E-state index contributed by atoms with van der Waals surface area (Å²) < 4.78 is 53.7. The van der Waals surface area contributed by atoms with Gasteiger partial charge in [-0.1, -0.05) is 11.8 Å². The van der Waals surface area contributed by atoms with Crippen molar-refractivity contribution >= 4 is 21.6 Å². The predicted molar refractivity (Wildman–Crippen MR) is 112 cm³/mol. The first-order valence-corrected chi connectivity index (χ1v) is 11.3. The van der Waals surface area contributed by atoms with Crippen LogP contribution >= 0.6 is 0 Å². The van der Waals surface area contributed by atoms with Crippen LogP contribution in [0.4, 0.5) is 10.1 Å². The Labute approximate surface area is 189 Å². The largest absolute Gasteiger partial charge is 0.488 e. The molecule has 1 fully saturated rings. The first-order valence-electron chi connectivity index (χ1n) is 9.77. The van der Waals surface area contributed by atoms with Crippen molar-refractivity contribution in [1.29, 1.82) is 5.26 Å². The number of aromatic nitrogens is 1. The van der Waals surface area contributed by atoms with Crippen LogP contribution in [-0.2, 0) is 21.8 Å². The molecule has 10 nitrogen and oxygen atoms in total. The zero-order chi connectivity index (χ0) is 23.8. The number of carbonyl (C=O) groups excluding carboxylic acids is 1. The molecule has 2 aromatic rings. The lowest BCUT2D eigenvalue weighted by Crippen LogP contribution is -2.48. The summed E-state index contributed by atoms with van der Waals surface area (Å²) in [6.45, 7) is 0.0953. The van der Waals surface area contributed by atoms with Gasteiger partial charge in [-0.3, -0.25) is 4.79 Å². The zero-order valence-electron chi connectivity index (χ0n) is 17.4.